The van der Waals surface area contributed by atoms with E-state index in [0.717, 1.165) is 6.07 Å². The number of rotatable bonds is 3. The number of aromatic nitrogens is 2. The average molecular weight is 228 g/mol. The first-order valence-corrected chi connectivity index (χ1v) is 5.49. The Morgan fingerprint density at radius 3 is 2.67 bits per heavy atom. The van der Waals surface area contributed by atoms with Gasteiger partial charge in [-0.1, -0.05) is 0 Å². The maximum absolute atomic E-state index is 11.2. The van der Waals surface area contributed by atoms with Crippen molar-refractivity contribution in [3.63, 3.8) is 0 Å². The smallest absolute Gasteiger partial charge is 0.354 e. The Labute approximate surface area is 90.9 Å². The van der Waals surface area contributed by atoms with Crippen LogP contribution in [0.2, 0.25) is 0 Å². The zero-order valence-corrected chi connectivity index (χ0v) is 9.51. The minimum atomic E-state index is -1.20. The zero-order chi connectivity index (χ0) is 11.6. The van der Waals surface area contributed by atoms with E-state index in [1.807, 2.05) is 20.1 Å². The van der Waals surface area contributed by atoms with E-state index in [1.54, 1.807) is 0 Å². The normalized spacial score (nSPS) is 11.4. The Kier molecular flexibility index (Phi) is 3.18. The molecule has 2 N–H and O–H groups in total. The number of nitrogens with zero attached hydrogens (tertiary/aromatic N) is 1. The summed E-state index contributed by atoms with van der Waals surface area (Å²) in [5.41, 5.74) is -0.671. The fraction of sp³-hybridized carbons (Fsp3) is 0.444. The molecule has 82 valence electrons. The van der Waals surface area contributed by atoms with Crippen LogP contribution < -0.4 is 5.56 Å². The van der Waals surface area contributed by atoms with Gasteiger partial charge in [-0.2, -0.15) is 11.8 Å². The minimum Gasteiger partial charge on any atom is -0.477 e. The van der Waals surface area contributed by atoms with Crippen LogP contribution in [0.4, 0.5) is 0 Å². The van der Waals surface area contributed by atoms with E-state index in [4.69, 9.17) is 5.11 Å². The molecule has 1 heterocycles. The molecule has 0 saturated carbocycles. The number of carboxylic acid groups (broad SMARTS) is 1. The molecule has 0 saturated heterocycles. The van der Waals surface area contributed by atoms with Crippen molar-refractivity contribution >= 4 is 17.7 Å². The van der Waals surface area contributed by atoms with Crippen LogP contribution in [0.3, 0.4) is 0 Å². The Bertz CT molecular complexity index is 439. The highest BCUT2D eigenvalue weighted by molar-refractivity contribution is 7.99. The van der Waals surface area contributed by atoms with Gasteiger partial charge in [-0.05, 0) is 20.1 Å². The lowest BCUT2D eigenvalue weighted by Crippen LogP contribution is -2.23. The molecule has 0 fully saturated rings. The first kappa shape index (κ1) is 11.8. The minimum absolute atomic E-state index is 0.226. The van der Waals surface area contributed by atoms with E-state index in [-0.39, 0.29) is 5.69 Å². The molecular weight excluding hydrogens is 216 g/mol. The second-order valence-electron chi connectivity index (χ2n) is 3.50. The molecule has 0 amide bonds. The van der Waals surface area contributed by atoms with E-state index < -0.39 is 16.3 Å². The van der Waals surface area contributed by atoms with E-state index in [9.17, 15) is 9.59 Å². The van der Waals surface area contributed by atoms with Crippen molar-refractivity contribution in [2.75, 3.05) is 6.26 Å². The van der Waals surface area contributed by atoms with Crippen LogP contribution in [-0.4, -0.2) is 27.3 Å². The fourth-order valence-corrected chi connectivity index (χ4v) is 1.24. The molecule has 5 nitrogen and oxygen atoms in total. The first-order valence-electron chi connectivity index (χ1n) is 4.27. The number of nitrogens with one attached hydrogen (secondary N) is 1. The Hall–Kier alpha value is -1.30. The first-order chi connectivity index (χ1) is 6.86. The molecule has 1 rings (SSSR count). The highest BCUT2D eigenvalue weighted by Crippen LogP contribution is 2.30. The Balaban J connectivity index is 3.33. The van der Waals surface area contributed by atoms with Crippen LogP contribution in [0.1, 0.15) is 30.2 Å². The van der Waals surface area contributed by atoms with Crippen LogP contribution in [0.5, 0.6) is 0 Å². The summed E-state index contributed by atoms with van der Waals surface area (Å²) in [6.45, 7) is 3.73. The molecule has 0 bridgehead atoms. The molecule has 0 aliphatic heterocycles. The summed E-state index contributed by atoms with van der Waals surface area (Å²) in [7, 11) is 0. The monoisotopic (exact) mass is 228 g/mol. The molecule has 0 radical (unpaired) electrons. The number of H-pyrrole nitrogens is 1. The van der Waals surface area contributed by atoms with Gasteiger partial charge in [-0.3, -0.25) is 4.79 Å². The Morgan fingerprint density at radius 1 is 1.60 bits per heavy atom. The van der Waals surface area contributed by atoms with E-state index in [1.165, 1.54) is 11.8 Å². The molecule has 0 aliphatic carbocycles. The van der Waals surface area contributed by atoms with Gasteiger partial charge in [0.1, 0.15) is 5.82 Å². The third-order valence-electron chi connectivity index (χ3n) is 2.04. The number of hydrogen-bond donors (Lipinski definition) is 2. The topological polar surface area (TPSA) is 83.0 Å². The summed E-state index contributed by atoms with van der Waals surface area (Å²) in [6, 6.07) is 0.974. The third kappa shape index (κ3) is 2.59. The number of carbonyl (C=O) groups is 1. The summed E-state index contributed by atoms with van der Waals surface area (Å²) in [6.07, 6.45) is 1.87. The van der Waals surface area contributed by atoms with Gasteiger partial charge in [0, 0.05) is 6.07 Å². The predicted molar refractivity (Wildman–Crippen MR) is 58.4 cm³/mol. The van der Waals surface area contributed by atoms with Gasteiger partial charge in [0.05, 0.1) is 4.75 Å². The summed E-state index contributed by atoms with van der Waals surface area (Å²) in [4.78, 5) is 28.4. The van der Waals surface area contributed by atoms with E-state index >= 15 is 0 Å². The maximum Gasteiger partial charge on any atom is 0.354 e. The standard InChI is InChI=1S/C9H12N2O3S/c1-9(2,15-3)8-10-5(7(13)14)4-6(12)11-8/h4H,1-3H3,(H,13,14)(H,10,11,12). The number of thioether (sulfide) groups is 1. The highest BCUT2D eigenvalue weighted by atomic mass is 32.2. The summed E-state index contributed by atoms with van der Waals surface area (Å²) >= 11 is 1.48. The molecule has 1 aromatic rings. The zero-order valence-electron chi connectivity index (χ0n) is 8.70. The molecule has 15 heavy (non-hydrogen) atoms. The van der Waals surface area contributed by atoms with Gasteiger partial charge in [0.2, 0.25) is 0 Å². The maximum atomic E-state index is 11.2. The van der Waals surface area contributed by atoms with Crippen LogP contribution in [-0.2, 0) is 4.75 Å². The average Bonchev–Trinajstić information content (AvgIpc) is 2.16. The molecule has 1 aromatic heterocycles. The van der Waals surface area contributed by atoms with Gasteiger partial charge in [-0.15, -0.1) is 0 Å². The van der Waals surface area contributed by atoms with Crippen molar-refractivity contribution < 1.29 is 9.90 Å². The van der Waals surface area contributed by atoms with Gasteiger partial charge < -0.3 is 10.1 Å². The molecule has 0 spiro atoms. The highest BCUT2D eigenvalue weighted by Gasteiger charge is 2.23. The lowest BCUT2D eigenvalue weighted by atomic mass is 10.2. The molecule has 0 unspecified atom stereocenters. The largest absolute Gasteiger partial charge is 0.477 e. The van der Waals surface area contributed by atoms with Crippen molar-refractivity contribution in [3.8, 4) is 0 Å². The van der Waals surface area contributed by atoms with Crippen molar-refractivity contribution in [3.05, 3.63) is 27.9 Å². The summed E-state index contributed by atoms with van der Waals surface area (Å²) in [5, 5.41) is 8.75. The molecule has 0 aliphatic rings. The quantitative estimate of drug-likeness (QED) is 0.808. The SMILES string of the molecule is CSC(C)(C)c1nc(C(=O)O)cc(=O)[nH]1. The number of aromatic amines is 1. The second-order valence-corrected chi connectivity index (χ2v) is 4.93. The van der Waals surface area contributed by atoms with Gasteiger partial charge in [0.15, 0.2) is 5.69 Å². The summed E-state index contributed by atoms with van der Waals surface area (Å²) in [5.74, 6) is -0.820. The number of carboxylic acids is 1. The lowest BCUT2D eigenvalue weighted by molar-refractivity contribution is 0.0689. The van der Waals surface area contributed by atoms with Crippen LogP contribution in [0.25, 0.3) is 0 Å². The molecule has 0 atom stereocenters. The van der Waals surface area contributed by atoms with E-state index in [2.05, 4.69) is 9.97 Å². The summed E-state index contributed by atoms with van der Waals surface area (Å²) < 4.78 is -0.412. The molecular formula is C9H12N2O3S. The molecule has 0 aromatic carbocycles. The number of aromatic carboxylic acids is 1. The predicted octanol–water partition coefficient (Wildman–Crippen LogP) is 1.07. The van der Waals surface area contributed by atoms with Crippen molar-refractivity contribution in [2.45, 2.75) is 18.6 Å². The van der Waals surface area contributed by atoms with Crippen molar-refractivity contribution in [1.29, 1.82) is 0 Å². The van der Waals surface area contributed by atoms with Crippen LogP contribution in [0.15, 0.2) is 10.9 Å². The van der Waals surface area contributed by atoms with Crippen molar-refractivity contribution in [1.82, 2.24) is 9.97 Å². The van der Waals surface area contributed by atoms with Gasteiger partial charge >= 0.3 is 5.97 Å². The fourth-order valence-electron chi connectivity index (χ4n) is 0.949. The van der Waals surface area contributed by atoms with Crippen LogP contribution in [0, 0.1) is 0 Å². The molecule has 6 heteroatoms. The second kappa shape index (κ2) is 4.06. The number of hydrogen-bond acceptors (Lipinski definition) is 4. The lowest BCUT2D eigenvalue weighted by Gasteiger charge is -2.20. The van der Waals surface area contributed by atoms with E-state index in [0.29, 0.717) is 5.82 Å². The Morgan fingerprint density at radius 2 is 2.20 bits per heavy atom. The van der Waals surface area contributed by atoms with Crippen molar-refractivity contribution in [2.24, 2.45) is 0 Å². The van der Waals surface area contributed by atoms with Gasteiger partial charge in [-0.25, -0.2) is 9.78 Å². The van der Waals surface area contributed by atoms with Gasteiger partial charge in [0.25, 0.3) is 5.56 Å². The third-order valence-corrected chi connectivity index (χ3v) is 3.26. The van der Waals surface area contributed by atoms with Crippen LogP contribution >= 0.6 is 11.8 Å².